The van der Waals surface area contributed by atoms with Crippen molar-refractivity contribution in [3.8, 4) is 28.7 Å². The van der Waals surface area contributed by atoms with Crippen molar-refractivity contribution in [1.82, 2.24) is 5.32 Å². The molecule has 0 aliphatic carbocycles. The molecule has 1 aliphatic rings. The molecule has 1 aliphatic heterocycles. The minimum atomic E-state index is -0.0341. The maximum Gasteiger partial charge on any atom is 0.203 e. The van der Waals surface area contributed by atoms with Crippen LogP contribution in [-0.2, 0) is 0 Å². The van der Waals surface area contributed by atoms with E-state index in [1.807, 2.05) is 42.5 Å². The number of benzene rings is 2. The minimum absolute atomic E-state index is 0.0341. The fourth-order valence-electron chi connectivity index (χ4n) is 2.72. The number of ether oxygens (including phenoxy) is 5. The summed E-state index contributed by atoms with van der Waals surface area (Å²) in [5.41, 5.74) is 0. The predicted octanol–water partition coefficient (Wildman–Crippen LogP) is 2.90. The van der Waals surface area contributed by atoms with Gasteiger partial charge in [-0.05, 0) is 31.2 Å². The van der Waals surface area contributed by atoms with Gasteiger partial charge in [0.2, 0.25) is 5.75 Å². The van der Waals surface area contributed by atoms with Crippen LogP contribution in [0.15, 0.2) is 42.5 Å². The molecule has 26 heavy (non-hydrogen) atoms. The van der Waals surface area contributed by atoms with Crippen molar-refractivity contribution in [3.63, 3.8) is 0 Å². The van der Waals surface area contributed by atoms with Crippen LogP contribution in [0.1, 0.15) is 6.92 Å². The summed E-state index contributed by atoms with van der Waals surface area (Å²) < 4.78 is 28.3. The van der Waals surface area contributed by atoms with Crippen molar-refractivity contribution in [2.75, 3.05) is 34.0 Å². The zero-order valence-corrected chi connectivity index (χ0v) is 15.4. The highest BCUT2D eigenvalue weighted by Crippen LogP contribution is 2.36. The van der Waals surface area contributed by atoms with Gasteiger partial charge in [-0.15, -0.1) is 0 Å². The number of hydrogen-bond acceptors (Lipinski definition) is 6. The van der Waals surface area contributed by atoms with Gasteiger partial charge in [-0.1, -0.05) is 18.2 Å². The summed E-state index contributed by atoms with van der Waals surface area (Å²) in [6.07, 6.45) is -0.0341. The van der Waals surface area contributed by atoms with Crippen LogP contribution in [0, 0.1) is 0 Å². The van der Waals surface area contributed by atoms with Gasteiger partial charge in [-0.2, -0.15) is 0 Å². The largest absolute Gasteiger partial charge is 0.493 e. The fraction of sp³-hybridized carbons (Fsp3) is 0.400. The zero-order chi connectivity index (χ0) is 18.4. The van der Waals surface area contributed by atoms with Gasteiger partial charge < -0.3 is 29.0 Å². The van der Waals surface area contributed by atoms with Crippen molar-refractivity contribution in [2.45, 2.75) is 19.1 Å². The topological polar surface area (TPSA) is 58.2 Å². The maximum atomic E-state index is 5.95. The molecule has 3 rings (SSSR count). The van der Waals surface area contributed by atoms with E-state index in [1.165, 1.54) is 0 Å². The van der Waals surface area contributed by atoms with Crippen molar-refractivity contribution in [2.24, 2.45) is 0 Å². The van der Waals surface area contributed by atoms with Gasteiger partial charge in [0.1, 0.15) is 19.3 Å². The van der Waals surface area contributed by atoms with Crippen LogP contribution in [-0.4, -0.2) is 46.1 Å². The number of hydrogen-bond donors (Lipinski definition) is 1. The SMILES string of the molecule is COc1cccc(OC)c1OC[C@H](C)NC[C@@H]1COc2ccccc2O1. The third kappa shape index (κ3) is 4.32. The fourth-order valence-corrected chi connectivity index (χ4v) is 2.72. The van der Waals surface area contributed by atoms with E-state index in [4.69, 9.17) is 23.7 Å². The molecule has 140 valence electrons. The van der Waals surface area contributed by atoms with Crippen LogP contribution in [0.4, 0.5) is 0 Å². The molecule has 6 nitrogen and oxygen atoms in total. The third-order valence-electron chi connectivity index (χ3n) is 4.12. The first-order valence-electron chi connectivity index (χ1n) is 8.67. The van der Waals surface area contributed by atoms with Crippen molar-refractivity contribution < 1.29 is 23.7 Å². The molecule has 2 aromatic rings. The molecule has 0 fully saturated rings. The molecular weight excluding hydrogens is 334 g/mol. The Kier molecular flexibility index (Phi) is 6.07. The van der Waals surface area contributed by atoms with Crippen LogP contribution in [0.3, 0.4) is 0 Å². The molecule has 0 amide bonds. The van der Waals surface area contributed by atoms with E-state index in [0.29, 0.717) is 37.0 Å². The van der Waals surface area contributed by atoms with Gasteiger partial charge in [-0.25, -0.2) is 0 Å². The Morgan fingerprint density at radius 1 is 1.04 bits per heavy atom. The summed E-state index contributed by atoms with van der Waals surface area (Å²) in [5.74, 6) is 3.49. The van der Waals surface area contributed by atoms with Gasteiger partial charge in [-0.3, -0.25) is 0 Å². The lowest BCUT2D eigenvalue weighted by atomic mass is 10.2. The summed E-state index contributed by atoms with van der Waals surface area (Å²) in [4.78, 5) is 0. The van der Waals surface area contributed by atoms with E-state index in [9.17, 15) is 0 Å². The summed E-state index contributed by atoms with van der Waals surface area (Å²) in [6, 6.07) is 13.4. The third-order valence-corrected chi connectivity index (χ3v) is 4.12. The van der Waals surface area contributed by atoms with Crippen LogP contribution < -0.4 is 29.0 Å². The number of methoxy groups -OCH3 is 2. The van der Waals surface area contributed by atoms with Gasteiger partial charge >= 0.3 is 0 Å². The lowest BCUT2D eigenvalue weighted by molar-refractivity contribution is 0.0867. The molecule has 0 saturated heterocycles. The standard InChI is InChI=1S/C20H25NO5/c1-14(12-25-20-18(22-2)9-6-10-19(20)23-3)21-11-15-13-24-16-7-4-5-8-17(16)26-15/h4-10,14-15,21H,11-13H2,1-3H3/t14-,15+/m0/s1. The Morgan fingerprint density at radius 3 is 2.42 bits per heavy atom. The molecule has 1 N–H and O–H groups in total. The number of fused-ring (bicyclic) bond motifs is 1. The Hall–Kier alpha value is -2.60. The quantitative estimate of drug-likeness (QED) is 0.782. The highest BCUT2D eigenvalue weighted by Gasteiger charge is 2.21. The molecule has 0 aromatic heterocycles. The molecule has 0 saturated carbocycles. The smallest absolute Gasteiger partial charge is 0.203 e. The molecular formula is C20H25NO5. The number of rotatable bonds is 8. The molecule has 2 aromatic carbocycles. The average molecular weight is 359 g/mol. The molecule has 1 heterocycles. The van der Waals surface area contributed by atoms with Crippen molar-refractivity contribution in [1.29, 1.82) is 0 Å². The second-order valence-corrected chi connectivity index (χ2v) is 6.11. The van der Waals surface area contributed by atoms with E-state index >= 15 is 0 Å². The van der Waals surface area contributed by atoms with E-state index in [2.05, 4.69) is 12.2 Å². The first kappa shape index (κ1) is 18.2. The maximum absolute atomic E-state index is 5.95. The molecule has 0 radical (unpaired) electrons. The second-order valence-electron chi connectivity index (χ2n) is 6.11. The van der Waals surface area contributed by atoms with Crippen LogP contribution in [0.2, 0.25) is 0 Å². The Balaban J connectivity index is 1.49. The van der Waals surface area contributed by atoms with Crippen LogP contribution in [0.5, 0.6) is 28.7 Å². The highest BCUT2D eigenvalue weighted by molar-refractivity contribution is 5.51. The van der Waals surface area contributed by atoms with Gasteiger partial charge in [0.15, 0.2) is 23.0 Å². The van der Waals surface area contributed by atoms with E-state index in [1.54, 1.807) is 14.2 Å². The summed E-state index contributed by atoms with van der Waals surface area (Å²) >= 11 is 0. The Morgan fingerprint density at radius 2 is 1.73 bits per heavy atom. The second kappa shape index (κ2) is 8.67. The Bertz CT molecular complexity index is 699. The first-order chi connectivity index (χ1) is 12.7. The van der Waals surface area contributed by atoms with Gasteiger partial charge in [0, 0.05) is 12.6 Å². The molecule has 6 heteroatoms. The van der Waals surface area contributed by atoms with Gasteiger partial charge in [0.25, 0.3) is 0 Å². The van der Waals surface area contributed by atoms with Crippen LogP contribution in [0.25, 0.3) is 0 Å². The first-order valence-corrected chi connectivity index (χ1v) is 8.67. The lowest BCUT2D eigenvalue weighted by Crippen LogP contribution is -2.43. The monoisotopic (exact) mass is 359 g/mol. The minimum Gasteiger partial charge on any atom is -0.493 e. The number of nitrogens with one attached hydrogen (secondary N) is 1. The number of para-hydroxylation sites is 3. The molecule has 2 atom stereocenters. The van der Waals surface area contributed by atoms with Gasteiger partial charge in [0.05, 0.1) is 14.2 Å². The van der Waals surface area contributed by atoms with E-state index in [0.717, 1.165) is 11.5 Å². The molecule has 0 bridgehead atoms. The summed E-state index contributed by atoms with van der Waals surface area (Å²) in [5, 5.41) is 3.42. The summed E-state index contributed by atoms with van der Waals surface area (Å²) in [7, 11) is 3.23. The summed E-state index contributed by atoms with van der Waals surface area (Å²) in [6.45, 7) is 3.72. The highest BCUT2D eigenvalue weighted by atomic mass is 16.6. The molecule has 0 spiro atoms. The average Bonchev–Trinajstić information content (AvgIpc) is 2.70. The van der Waals surface area contributed by atoms with Crippen molar-refractivity contribution in [3.05, 3.63) is 42.5 Å². The molecule has 0 unspecified atom stereocenters. The zero-order valence-electron chi connectivity index (χ0n) is 15.4. The van der Waals surface area contributed by atoms with Crippen LogP contribution >= 0.6 is 0 Å². The van der Waals surface area contributed by atoms with Crippen molar-refractivity contribution >= 4 is 0 Å². The Labute approximate surface area is 154 Å². The predicted molar refractivity (Wildman–Crippen MR) is 98.9 cm³/mol. The lowest BCUT2D eigenvalue weighted by Gasteiger charge is -2.27. The normalized spacial score (nSPS) is 16.7. The van der Waals surface area contributed by atoms with E-state index in [-0.39, 0.29) is 12.1 Å². The van der Waals surface area contributed by atoms with E-state index < -0.39 is 0 Å².